The number of para-hydroxylation sites is 1. The summed E-state index contributed by atoms with van der Waals surface area (Å²) in [6, 6.07) is 6.95. The first-order valence-corrected chi connectivity index (χ1v) is 6.47. The normalized spacial score (nSPS) is 15.4. The molecule has 0 fully saturated rings. The van der Waals surface area contributed by atoms with Gasteiger partial charge >= 0.3 is 0 Å². The molecule has 1 aromatic rings. The third-order valence-corrected chi connectivity index (χ3v) is 3.15. The third-order valence-electron chi connectivity index (χ3n) is 3.15. The van der Waals surface area contributed by atoms with Crippen molar-refractivity contribution < 1.29 is 4.74 Å². The van der Waals surface area contributed by atoms with Crippen molar-refractivity contribution in [1.29, 1.82) is 0 Å². The maximum atomic E-state index is 5.40. The van der Waals surface area contributed by atoms with Gasteiger partial charge in [0, 0.05) is 31.4 Å². The van der Waals surface area contributed by atoms with Gasteiger partial charge in [0.05, 0.1) is 6.61 Å². The highest BCUT2D eigenvalue weighted by Crippen LogP contribution is 2.26. The van der Waals surface area contributed by atoms with E-state index in [4.69, 9.17) is 4.74 Å². The topological polar surface area (TPSA) is 33.3 Å². The second-order valence-electron chi connectivity index (χ2n) is 4.57. The van der Waals surface area contributed by atoms with E-state index in [2.05, 4.69) is 35.8 Å². The fraction of sp³-hybridized carbons (Fsp3) is 0.571. The van der Waals surface area contributed by atoms with Crippen LogP contribution in [0.1, 0.15) is 25.0 Å². The third kappa shape index (κ3) is 3.20. The van der Waals surface area contributed by atoms with Crippen LogP contribution in [0.5, 0.6) is 0 Å². The molecule has 0 aromatic heterocycles. The van der Waals surface area contributed by atoms with E-state index in [-0.39, 0.29) is 0 Å². The van der Waals surface area contributed by atoms with E-state index < -0.39 is 0 Å². The van der Waals surface area contributed by atoms with Crippen molar-refractivity contribution in [3.8, 4) is 0 Å². The average Bonchev–Trinajstić information content (AvgIpc) is 2.82. The number of nitrogens with one attached hydrogen (secondary N) is 2. The Bertz CT molecular complexity index is 365. The van der Waals surface area contributed by atoms with Gasteiger partial charge in [0.25, 0.3) is 0 Å². The van der Waals surface area contributed by atoms with E-state index in [1.165, 1.54) is 16.8 Å². The molecule has 1 atom stereocenters. The first-order valence-electron chi connectivity index (χ1n) is 6.47. The highest BCUT2D eigenvalue weighted by Gasteiger charge is 2.13. The lowest BCUT2D eigenvalue weighted by atomic mass is 10.1. The summed E-state index contributed by atoms with van der Waals surface area (Å²) in [6.07, 6.45) is 1.15. The van der Waals surface area contributed by atoms with Gasteiger partial charge in [-0.2, -0.15) is 0 Å². The molecule has 0 spiro atoms. The molecular weight excluding hydrogens is 212 g/mol. The van der Waals surface area contributed by atoms with Gasteiger partial charge in [-0.1, -0.05) is 18.2 Å². The minimum Gasteiger partial charge on any atom is -0.384 e. The Kier molecular flexibility index (Phi) is 4.40. The van der Waals surface area contributed by atoms with Gasteiger partial charge in [-0.3, -0.25) is 0 Å². The van der Waals surface area contributed by atoms with Gasteiger partial charge in [0.15, 0.2) is 0 Å². The lowest BCUT2D eigenvalue weighted by Gasteiger charge is -2.15. The number of ether oxygens (including phenoxy) is 1. The van der Waals surface area contributed by atoms with Crippen LogP contribution in [0.4, 0.5) is 5.69 Å². The molecule has 1 aliphatic heterocycles. The van der Waals surface area contributed by atoms with Crippen LogP contribution in [0.15, 0.2) is 18.2 Å². The quantitative estimate of drug-likeness (QED) is 0.791. The summed E-state index contributed by atoms with van der Waals surface area (Å²) in [5.74, 6) is 0. The van der Waals surface area contributed by atoms with Gasteiger partial charge in [-0.25, -0.2) is 0 Å². The molecule has 0 saturated carbocycles. The van der Waals surface area contributed by atoms with Crippen molar-refractivity contribution in [3.05, 3.63) is 29.3 Å². The van der Waals surface area contributed by atoms with Crippen LogP contribution in [-0.4, -0.2) is 25.8 Å². The van der Waals surface area contributed by atoms with Gasteiger partial charge in [0.1, 0.15) is 0 Å². The highest BCUT2D eigenvalue weighted by molar-refractivity contribution is 5.61. The average molecular weight is 234 g/mol. The Morgan fingerprint density at radius 2 is 2.35 bits per heavy atom. The minimum atomic E-state index is 0.396. The summed E-state index contributed by atoms with van der Waals surface area (Å²) in [7, 11) is 0. The van der Waals surface area contributed by atoms with Crippen LogP contribution in [0, 0.1) is 0 Å². The smallest absolute Gasteiger partial charge is 0.0616 e. The van der Waals surface area contributed by atoms with E-state index in [1.54, 1.807) is 0 Å². The molecule has 17 heavy (non-hydrogen) atoms. The molecule has 0 aliphatic carbocycles. The number of benzene rings is 1. The van der Waals surface area contributed by atoms with Crippen molar-refractivity contribution in [2.24, 2.45) is 0 Å². The van der Waals surface area contributed by atoms with Gasteiger partial charge in [-0.05, 0) is 31.4 Å². The lowest BCUT2D eigenvalue weighted by Crippen LogP contribution is -2.30. The lowest BCUT2D eigenvalue weighted by molar-refractivity contribution is 0.127. The Hall–Kier alpha value is -1.06. The molecular formula is C14H22N2O. The summed E-state index contributed by atoms with van der Waals surface area (Å²) in [5, 5.41) is 6.96. The fourth-order valence-electron chi connectivity index (χ4n) is 2.20. The van der Waals surface area contributed by atoms with Gasteiger partial charge in [0.2, 0.25) is 0 Å². The SMILES string of the molecule is CCOCC(C)NCc1cccc2c1NCC2. The van der Waals surface area contributed by atoms with Crippen LogP contribution < -0.4 is 10.6 Å². The molecule has 0 radical (unpaired) electrons. The molecule has 0 bridgehead atoms. The predicted molar refractivity (Wildman–Crippen MR) is 71.4 cm³/mol. The Morgan fingerprint density at radius 1 is 1.47 bits per heavy atom. The maximum absolute atomic E-state index is 5.40. The molecule has 2 rings (SSSR count). The molecule has 0 saturated heterocycles. The zero-order chi connectivity index (χ0) is 12.1. The maximum Gasteiger partial charge on any atom is 0.0616 e. The zero-order valence-electron chi connectivity index (χ0n) is 10.8. The van der Waals surface area contributed by atoms with Crippen LogP contribution in [0.3, 0.4) is 0 Å². The van der Waals surface area contributed by atoms with E-state index in [0.29, 0.717) is 6.04 Å². The van der Waals surface area contributed by atoms with E-state index in [1.807, 2.05) is 6.92 Å². The number of fused-ring (bicyclic) bond motifs is 1. The van der Waals surface area contributed by atoms with Crippen LogP contribution in [0.2, 0.25) is 0 Å². The van der Waals surface area contributed by atoms with Crippen molar-refractivity contribution >= 4 is 5.69 Å². The molecule has 3 nitrogen and oxygen atoms in total. The van der Waals surface area contributed by atoms with Crippen LogP contribution >= 0.6 is 0 Å². The summed E-state index contributed by atoms with van der Waals surface area (Å²) < 4.78 is 5.40. The number of hydrogen-bond donors (Lipinski definition) is 2. The summed E-state index contributed by atoms with van der Waals surface area (Å²) in [6.45, 7) is 7.73. The van der Waals surface area contributed by atoms with Crippen molar-refractivity contribution in [2.75, 3.05) is 25.1 Å². The molecule has 3 heteroatoms. The minimum absolute atomic E-state index is 0.396. The number of anilines is 1. The van der Waals surface area contributed by atoms with Crippen molar-refractivity contribution in [2.45, 2.75) is 32.9 Å². The highest BCUT2D eigenvalue weighted by atomic mass is 16.5. The van der Waals surface area contributed by atoms with Crippen LogP contribution in [0.25, 0.3) is 0 Å². The molecule has 2 N–H and O–H groups in total. The molecule has 94 valence electrons. The zero-order valence-corrected chi connectivity index (χ0v) is 10.8. The number of rotatable bonds is 6. The molecule has 0 amide bonds. The van der Waals surface area contributed by atoms with Gasteiger partial charge < -0.3 is 15.4 Å². The molecule has 1 aromatic carbocycles. The second kappa shape index (κ2) is 6.03. The standard InChI is InChI=1S/C14H22N2O/c1-3-17-10-11(2)16-9-13-6-4-5-12-7-8-15-14(12)13/h4-6,11,15-16H,3,7-10H2,1-2H3. The van der Waals surface area contributed by atoms with E-state index >= 15 is 0 Å². The van der Waals surface area contributed by atoms with Gasteiger partial charge in [-0.15, -0.1) is 0 Å². The van der Waals surface area contributed by atoms with Crippen molar-refractivity contribution in [1.82, 2.24) is 5.32 Å². The summed E-state index contributed by atoms with van der Waals surface area (Å²) in [4.78, 5) is 0. The second-order valence-corrected chi connectivity index (χ2v) is 4.57. The Balaban J connectivity index is 1.89. The largest absolute Gasteiger partial charge is 0.384 e. The van der Waals surface area contributed by atoms with Crippen LogP contribution in [-0.2, 0) is 17.7 Å². The first-order chi connectivity index (χ1) is 8.31. The molecule has 1 aliphatic rings. The van der Waals surface area contributed by atoms with Crippen molar-refractivity contribution in [3.63, 3.8) is 0 Å². The molecule has 1 unspecified atom stereocenters. The summed E-state index contributed by atoms with van der Waals surface area (Å²) >= 11 is 0. The first kappa shape index (κ1) is 12.4. The van der Waals surface area contributed by atoms with E-state index in [9.17, 15) is 0 Å². The van der Waals surface area contributed by atoms with E-state index in [0.717, 1.165) is 32.7 Å². The Morgan fingerprint density at radius 3 is 3.18 bits per heavy atom. The monoisotopic (exact) mass is 234 g/mol. The Labute approximate surface area is 104 Å². The molecule has 1 heterocycles. The number of hydrogen-bond acceptors (Lipinski definition) is 3. The fourth-order valence-corrected chi connectivity index (χ4v) is 2.20. The predicted octanol–water partition coefficient (Wildman–Crippen LogP) is 2.17. The summed E-state index contributed by atoms with van der Waals surface area (Å²) in [5.41, 5.74) is 4.15.